The van der Waals surface area contributed by atoms with Crippen molar-refractivity contribution in [1.82, 2.24) is 24.5 Å². The zero-order chi connectivity index (χ0) is 25.4. The lowest BCUT2D eigenvalue weighted by molar-refractivity contribution is 0.188. The molecule has 37 heavy (non-hydrogen) atoms. The van der Waals surface area contributed by atoms with Crippen LogP contribution in [0.4, 0.5) is 5.82 Å². The summed E-state index contributed by atoms with van der Waals surface area (Å²) in [6, 6.07) is 16.6. The predicted molar refractivity (Wildman–Crippen MR) is 146 cm³/mol. The number of hydrogen-bond acceptors (Lipinski definition) is 6. The standard InChI is InChI=1S/C28H28N6O2S/c1-19-5-3-7-22-26(21-6-4-8-24-23(21)16-32(2)30-24)31-34(27(19)22)20-9-10-25(29-15-20)33-17-28(18-33)11-13-37(35,36)14-12-28/h3-10,15-16H,11-14,17-18H2,1-2H3. The molecular formula is C28H28N6O2S. The van der Waals surface area contributed by atoms with Crippen molar-refractivity contribution in [1.29, 1.82) is 0 Å². The molecule has 2 aliphatic heterocycles. The van der Waals surface area contributed by atoms with Gasteiger partial charge in [-0.15, -0.1) is 0 Å². The van der Waals surface area contributed by atoms with Gasteiger partial charge in [-0.3, -0.25) is 4.68 Å². The Morgan fingerprint density at radius 1 is 0.919 bits per heavy atom. The van der Waals surface area contributed by atoms with Gasteiger partial charge in [0.15, 0.2) is 0 Å². The molecule has 9 heteroatoms. The summed E-state index contributed by atoms with van der Waals surface area (Å²) in [7, 11) is -0.909. The number of nitrogens with zero attached hydrogens (tertiary/aromatic N) is 6. The Labute approximate surface area is 215 Å². The summed E-state index contributed by atoms with van der Waals surface area (Å²) in [6.45, 7) is 3.86. The Balaban J connectivity index is 1.24. The van der Waals surface area contributed by atoms with E-state index in [0.29, 0.717) is 11.5 Å². The van der Waals surface area contributed by atoms with Crippen molar-refractivity contribution in [2.45, 2.75) is 19.8 Å². The number of sulfone groups is 1. The lowest BCUT2D eigenvalue weighted by atomic mass is 9.75. The van der Waals surface area contributed by atoms with Crippen molar-refractivity contribution in [3.05, 3.63) is 66.5 Å². The number of para-hydroxylation sites is 1. The largest absolute Gasteiger partial charge is 0.355 e. The quantitative estimate of drug-likeness (QED) is 0.358. The Morgan fingerprint density at radius 3 is 2.46 bits per heavy atom. The Hall–Kier alpha value is -3.72. The molecule has 2 aromatic carbocycles. The lowest BCUT2D eigenvalue weighted by Crippen LogP contribution is -2.59. The molecule has 0 atom stereocenters. The molecule has 0 N–H and O–H groups in total. The highest BCUT2D eigenvalue weighted by Crippen LogP contribution is 2.43. The van der Waals surface area contributed by atoms with Crippen LogP contribution in [0.2, 0.25) is 0 Å². The summed E-state index contributed by atoms with van der Waals surface area (Å²) in [4.78, 5) is 7.04. The van der Waals surface area contributed by atoms with Gasteiger partial charge in [0.05, 0.1) is 34.4 Å². The molecule has 0 unspecified atom stereocenters. The van der Waals surface area contributed by atoms with E-state index in [1.165, 1.54) is 0 Å². The molecule has 2 fully saturated rings. The highest BCUT2D eigenvalue weighted by atomic mass is 32.2. The molecule has 0 saturated carbocycles. The van der Waals surface area contributed by atoms with Gasteiger partial charge in [0.1, 0.15) is 21.3 Å². The number of fused-ring (bicyclic) bond motifs is 2. The Kier molecular flexibility index (Phi) is 4.79. The molecule has 2 aliphatic rings. The molecule has 7 rings (SSSR count). The highest BCUT2D eigenvalue weighted by Gasteiger charge is 2.46. The van der Waals surface area contributed by atoms with Gasteiger partial charge in [0.25, 0.3) is 0 Å². The van der Waals surface area contributed by atoms with E-state index in [0.717, 1.165) is 76.1 Å². The van der Waals surface area contributed by atoms with E-state index in [1.54, 1.807) is 0 Å². The maximum Gasteiger partial charge on any atom is 0.150 e. The molecule has 0 amide bonds. The molecule has 5 aromatic rings. The Bertz CT molecular complexity index is 1760. The normalized spacial score (nSPS) is 18.5. The summed E-state index contributed by atoms with van der Waals surface area (Å²) in [5.74, 6) is 1.55. The first kappa shape index (κ1) is 22.5. The topological polar surface area (TPSA) is 85.9 Å². The average molecular weight is 513 g/mol. The summed E-state index contributed by atoms with van der Waals surface area (Å²) >= 11 is 0. The van der Waals surface area contributed by atoms with Gasteiger partial charge in [0.2, 0.25) is 0 Å². The maximum atomic E-state index is 11.8. The van der Waals surface area contributed by atoms with Crippen LogP contribution in [-0.2, 0) is 16.9 Å². The van der Waals surface area contributed by atoms with Gasteiger partial charge in [-0.2, -0.15) is 10.2 Å². The first-order chi connectivity index (χ1) is 17.8. The van der Waals surface area contributed by atoms with Crippen molar-refractivity contribution in [3.63, 3.8) is 0 Å². The second-order valence-electron chi connectivity index (χ2n) is 10.7. The second-order valence-corrected chi connectivity index (χ2v) is 13.0. The molecule has 0 bridgehead atoms. The number of pyridine rings is 1. The zero-order valence-corrected chi connectivity index (χ0v) is 21.7. The minimum Gasteiger partial charge on any atom is -0.355 e. The van der Waals surface area contributed by atoms with Crippen LogP contribution in [-0.4, -0.2) is 57.6 Å². The fourth-order valence-electron chi connectivity index (χ4n) is 5.99. The summed E-state index contributed by atoms with van der Waals surface area (Å²) < 4.78 is 27.5. The average Bonchev–Trinajstić information content (AvgIpc) is 3.44. The smallest absolute Gasteiger partial charge is 0.150 e. The molecule has 2 saturated heterocycles. The van der Waals surface area contributed by atoms with Gasteiger partial charge in [-0.1, -0.05) is 30.3 Å². The number of benzene rings is 2. The van der Waals surface area contributed by atoms with E-state index < -0.39 is 9.84 Å². The molecule has 8 nitrogen and oxygen atoms in total. The number of aromatic nitrogens is 5. The van der Waals surface area contributed by atoms with E-state index >= 15 is 0 Å². The van der Waals surface area contributed by atoms with Crippen LogP contribution in [0.15, 0.2) is 60.9 Å². The van der Waals surface area contributed by atoms with E-state index in [9.17, 15) is 8.42 Å². The van der Waals surface area contributed by atoms with Gasteiger partial charge >= 0.3 is 0 Å². The highest BCUT2D eigenvalue weighted by molar-refractivity contribution is 7.91. The lowest BCUT2D eigenvalue weighted by Gasteiger charge is -2.52. The number of aryl methyl sites for hydroxylation is 2. The van der Waals surface area contributed by atoms with Crippen LogP contribution in [0.25, 0.3) is 38.8 Å². The summed E-state index contributed by atoms with van der Waals surface area (Å²) in [5.41, 5.74) is 6.19. The first-order valence-corrected chi connectivity index (χ1v) is 14.5. The van der Waals surface area contributed by atoms with Gasteiger partial charge < -0.3 is 4.90 Å². The van der Waals surface area contributed by atoms with Gasteiger partial charge in [-0.05, 0) is 43.5 Å². The van der Waals surface area contributed by atoms with Crippen molar-refractivity contribution >= 4 is 37.5 Å². The van der Waals surface area contributed by atoms with E-state index in [4.69, 9.17) is 10.1 Å². The van der Waals surface area contributed by atoms with E-state index in [1.807, 2.05) is 40.9 Å². The molecule has 1 spiro atoms. The number of hydrogen-bond donors (Lipinski definition) is 0. The zero-order valence-electron chi connectivity index (χ0n) is 20.9. The molecular weight excluding hydrogens is 484 g/mol. The number of rotatable bonds is 3. The molecule has 0 aliphatic carbocycles. The van der Waals surface area contributed by atoms with Crippen LogP contribution in [0.5, 0.6) is 0 Å². The van der Waals surface area contributed by atoms with Gasteiger partial charge in [-0.25, -0.2) is 18.1 Å². The second kappa shape index (κ2) is 7.89. The minimum absolute atomic E-state index is 0.128. The fraction of sp³-hybridized carbons (Fsp3) is 0.321. The molecule has 0 radical (unpaired) electrons. The van der Waals surface area contributed by atoms with Crippen LogP contribution >= 0.6 is 0 Å². The predicted octanol–water partition coefficient (Wildman–Crippen LogP) is 4.30. The van der Waals surface area contributed by atoms with Crippen molar-refractivity contribution in [2.75, 3.05) is 29.5 Å². The Morgan fingerprint density at radius 2 is 1.70 bits per heavy atom. The van der Waals surface area contributed by atoms with Crippen molar-refractivity contribution in [2.24, 2.45) is 12.5 Å². The number of anilines is 1. The monoisotopic (exact) mass is 512 g/mol. The van der Waals surface area contributed by atoms with Crippen LogP contribution in [0.1, 0.15) is 18.4 Å². The molecule has 188 valence electrons. The van der Waals surface area contributed by atoms with Crippen molar-refractivity contribution < 1.29 is 8.42 Å². The van der Waals surface area contributed by atoms with E-state index in [-0.39, 0.29) is 5.41 Å². The third kappa shape index (κ3) is 3.63. The summed E-state index contributed by atoms with van der Waals surface area (Å²) in [6.07, 6.45) is 5.45. The third-order valence-corrected chi connectivity index (χ3v) is 9.72. The fourth-order valence-corrected chi connectivity index (χ4v) is 7.68. The first-order valence-electron chi connectivity index (χ1n) is 12.6. The third-order valence-electron chi connectivity index (χ3n) is 8.06. The maximum absolute atomic E-state index is 11.8. The van der Waals surface area contributed by atoms with Crippen LogP contribution in [0, 0.1) is 12.3 Å². The molecule has 5 heterocycles. The van der Waals surface area contributed by atoms with Crippen LogP contribution < -0.4 is 4.90 Å². The van der Waals surface area contributed by atoms with E-state index in [2.05, 4.69) is 53.3 Å². The SMILES string of the molecule is Cc1cccc2c(-c3cccc4nn(C)cc34)nn(-c3ccc(N4CC5(CCS(=O)(=O)CC5)C4)nc3)c12. The molecule has 3 aromatic heterocycles. The van der Waals surface area contributed by atoms with Gasteiger partial charge in [0, 0.05) is 48.1 Å². The summed E-state index contributed by atoms with van der Waals surface area (Å²) in [5, 5.41) is 11.9. The minimum atomic E-state index is -2.85. The van der Waals surface area contributed by atoms with Crippen LogP contribution in [0.3, 0.4) is 0 Å². The van der Waals surface area contributed by atoms with Crippen molar-refractivity contribution in [3.8, 4) is 16.9 Å².